The molecule has 60 heavy (non-hydrogen) atoms. The largest absolute Gasteiger partial charge is 0.460 e. The Morgan fingerprint density at radius 3 is 2.28 bits per heavy atom. The van der Waals surface area contributed by atoms with Crippen LogP contribution < -0.4 is 5.32 Å². The lowest BCUT2D eigenvalue weighted by molar-refractivity contribution is -0.226. The van der Waals surface area contributed by atoms with Crippen LogP contribution in [0.2, 0.25) is 0 Å². The molecule has 10 atom stereocenters. The van der Waals surface area contributed by atoms with Crippen LogP contribution in [0.1, 0.15) is 124 Å². The molecule has 0 aromatic heterocycles. The highest BCUT2D eigenvalue weighted by atomic mass is 32.2. The number of carbonyl (C=O) groups is 2. The Balaban J connectivity index is 0.994. The van der Waals surface area contributed by atoms with Crippen molar-refractivity contribution in [1.29, 1.82) is 0 Å². The van der Waals surface area contributed by atoms with Crippen LogP contribution in [0.5, 0.6) is 0 Å². The van der Waals surface area contributed by atoms with Crippen molar-refractivity contribution < 1.29 is 27.1 Å². The van der Waals surface area contributed by atoms with Crippen LogP contribution in [0, 0.1) is 62.1 Å². The number of allylic oxidation sites excluding steroid dienone is 5. The van der Waals surface area contributed by atoms with Crippen LogP contribution in [-0.2, 0) is 30.8 Å². The predicted octanol–water partition coefficient (Wildman–Crippen LogP) is 9.84. The van der Waals surface area contributed by atoms with Gasteiger partial charge in [-0.15, -0.1) is 0 Å². The highest BCUT2D eigenvalue weighted by Crippen LogP contribution is 2.77. The van der Waals surface area contributed by atoms with Crippen molar-refractivity contribution in [3.8, 4) is 0 Å². The Hall–Kier alpha value is -2.78. The lowest BCUT2D eigenvalue weighted by Gasteiger charge is -2.72. The molecule has 1 N–H and O–H groups in total. The summed E-state index contributed by atoms with van der Waals surface area (Å²) in [5.41, 5.74) is 3.69. The normalized spacial score (nSPS) is 40.7. The van der Waals surface area contributed by atoms with Crippen LogP contribution in [0.3, 0.4) is 0 Å². The lowest BCUT2D eigenvalue weighted by atomic mass is 9.32. The average Bonchev–Trinajstić information content (AvgIpc) is 3.63. The van der Waals surface area contributed by atoms with Gasteiger partial charge in [0, 0.05) is 26.2 Å². The SMILES string of the molecule is C=C(C)[C@@H]1CC[C@]2(C(=O)NCCN3CCS(=O)(=O)CC3)CC[C@]3(C)[C@H](CC[C@@H]4[C@@]5(C)CC=C(C6=CC[C@@](CF)(C(=O)OCc7ccccc7)CC6)C(C)(C)[C@@H]5CC[C@]43C)[C@@H]12. The zero-order chi connectivity index (χ0) is 42.9. The van der Waals surface area contributed by atoms with Crippen molar-refractivity contribution in [1.82, 2.24) is 10.2 Å². The molecule has 1 aliphatic heterocycles. The number of nitrogens with one attached hydrogen (secondary N) is 1. The molecule has 7 nitrogen and oxygen atoms in total. The molecule has 5 fully saturated rings. The zero-order valence-electron chi connectivity index (χ0n) is 37.6. The Labute approximate surface area is 360 Å². The second-order valence-corrected chi connectivity index (χ2v) is 24.3. The van der Waals surface area contributed by atoms with Gasteiger partial charge in [-0.25, -0.2) is 12.8 Å². The van der Waals surface area contributed by atoms with Gasteiger partial charge in [-0.2, -0.15) is 0 Å². The van der Waals surface area contributed by atoms with E-state index in [1.807, 2.05) is 30.3 Å². The summed E-state index contributed by atoms with van der Waals surface area (Å²) in [5.74, 6) is 2.39. The third-order valence-corrected chi connectivity index (χ3v) is 20.7. The summed E-state index contributed by atoms with van der Waals surface area (Å²) < 4.78 is 44.5. The number of alkyl halides is 1. The van der Waals surface area contributed by atoms with Crippen LogP contribution in [0.25, 0.3) is 0 Å². The number of nitrogens with zero attached hydrogens (tertiary/aromatic N) is 1. The number of carbonyl (C=O) groups excluding carboxylic acids is 2. The first-order valence-corrected chi connectivity index (χ1v) is 25.2. The number of halogens is 1. The fourth-order valence-electron chi connectivity index (χ4n) is 15.5. The van der Waals surface area contributed by atoms with E-state index in [0.717, 1.165) is 44.1 Å². The fraction of sp³-hybridized carbons (Fsp3) is 0.725. The van der Waals surface area contributed by atoms with E-state index in [-0.39, 0.29) is 57.0 Å². The van der Waals surface area contributed by atoms with Crippen molar-refractivity contribution in [2.75, 3.05) is 44.4 Å². The molecule has 0 radical (unpaired) electrons. The maximum atomic E-state index is 14.8. The monoisotopic (exact) mass is 845 g/mol. The number of esters is 1. The number of hydrogen-bond donors (Lipinski definition) is 1. The lowest BCUT2D eigenvalue weighted by Crippen LogP contribution is -2.66. The molecule has 330 valence electrons. The van der Waals surface area contributed by atoms with Gasteiger partial charge in [0.15, 0.2) is 9.84 Å². The summed E-state index contributed by atoms with van der Waals surface area (Å²) >= 11 is 0. The first-order chi connectivity index (χ1) is 28.4. The van der Waals surface area contributed by atoms with Crippen molar-refractivity contribution in [2.45, 2.75) is 125 Å². The second-order valence-electron chi connectivity index (χ2n) is 22.0. The van der Waals surface area contributed by atoms with Gasteiger partial charge in [0.25, 0.3) is 0 Å². The van der Waals surface area contributed by atoms with E-state index in [4.69, 9.17) is 4.74 Å². The molecule has 0 unspecified atom stereocenters. The minimum atomic E-state index is -2.94. The van der Waals surface area contributed by atoms with Gasteiger partial charge in [0.1, 0.15) is 13.3 Å². The van der Waals surface area contributed by atoms with E-state index in [0.29, 0.717) is 69.1 Å². The molecular formula is C51H73FN2O5S. The molecule has 0 bridgehead atoms. The molecule has 4 saturated carbocycles. The summed E-state index contributed by atoms with van der Waals surface area (Å²) in [4.78, 5) is 30.2. The van der Waals surface area contributed by atoms with Crippen LogP contribution in [0.4, 0.5) is 4.39 Å². The van der Waals surface area contributed by atoms with E-state index in [9.17, 15) is 22.4 Å². The molecule has 1 saturated heterocycles. The van der Waals surface area contributed by atoms with Crippen molar-refractivity contribution in [2.24, 2.45) is 62.1 Å². The molecule has 0 spiro atoms. The summed E-state index contributed by atoms with van der Waals surface area (Å²) in [6.45, 7) is 21.3. The molecule has 1 aromatic rings. The minimum absolute atomic E-state index is 0.0553. The Bertz CT molecular complexity index is 2020. The first-order valence-electron chi connectivity index (χ1n) is 23.4. The number of fused-ring (bicyclic) bond motifs is 7. The van der Waals surface area contributed by atoms with Gasteiger partial charge in [0.05, 0.1) is 22.3 Å². The number of hydrogen-bond acceptors (Lipinski definition) is 6. The number of sulfone groups is 1. The number of amides is 1. The van der Waals surface area contributed by atoms with Gasteiger partial charge in [-0.3, -0.25) is 14.5 Å². The quantitative estimate of drug-likeness (QED) is 0.186. The van der Waals surface area contributed by atoms with E-state index >= 15 is 0 Å². The maximum Gasteiger partial charge on any atom is 0.315 e. The van der Waals surface area contributed by atoms with Gasteiger partial charge >= 0.3 is 5.97 Å². The summed E-state index contributed by atoms with van der Waals surface area (Å²) in [6.07, 6.45) is 15.9. The Morgan fingerprint density at radius 1 is 0.883 bits per heavy atom. The Morgan fingerprint density at radius 2 is 1.62 bits per heavy atom. The molecule has 1 aromatic carbocycles. The summed E-state index contributed by atoms with van der Waals surface area (Å²) in [6, 6.07) is 9.62. The molecule has 7 aliphatic rings. The van der Waals surface area contributed by atoms with Gasteiger partial charge in [0.2, 0.25) is 5.91 Å². The third kappa shape index (κ3) is 7.01. The highest BCUT2D eigenvalue weighted by Gasteiger charge is 2.71. The zero-order valence-corrected chi connectivity index (χ0v) is 38.4. The van der Waals surface area contributed by atoms with Crippen LogP contribution in [0.15, 0.2) is 65.8 Å². The summed E-state index contributed by atoms with van der Waals surface area (Å²) in [7, 11) is -2.94. The number of ether oxygens (including phenoxy) is 1. The summed E-state index contributed by atoms with van der Waals surface area (Å²) in [5, 5.41) is 3.41. The average molecular weight is 845 g/mol. The topological polar surface area (TPSA) is 92.8 Å². The van der Waals surface area contributed by atoms with Crippen LogP contribution in [-0.4, -0.2) is 69.6 Å². The van der Waals surface area contributed by atoms with Crippen molar-refractivity contribution >= 4 is 21.7 Å². The van der Waals surface area contributed by atoms with Gasteiger partial charge in [-0.1, -0.05) is 89.3 Å². The van der Waals surface area contributed by atoms with E-state index in [1.165, 1.54) is 36.0 Å². The molecule has 8 rings (SSSR count). The molecule has 1 heterocycles. The molecular weight excluding hydrogens is 772 g/mol. The molecule has 6 aliphatic carbocycles. The number of benzene rings is 1. The Kier molecular flexibility index (Phi) is 11.5. The third-order valence-electron chi connectivity index (χ3n) is 19.1. The standard InChI is InChI=1S/C51H73FN2O5S/c1-35(2)38-17-24-51(44(55)53-27-28-54-29-31-60(57,58)32-30-54)26-25-48(6)40(43(38)51)13-14-42-47(5)20-18-39(46(3,4)41(47)19-21-49(42,48)7)37-15-22-50(34-52,23-16-37)45(56)59-33-36-11-9-8-10-12-36/h8-12,15,18,38,40-43H,1,13-14,16-17,19-34H2,2-7H3,(H,53,55)/t38-,40+,41-,42+,43+,47-,48+,49+,50+,51-/m0/s1. The minimum Gasteiger partial charge on any atom is -0.460 e. The van der Waals surface area contributed by atoms with Gasteiger partial charge in [-0.05, 0) is 152 Å². The van der Waals surface area contributed by atoms with Crippen LogP contribution >= 0.6 is 0 Å². The first kappa shape index (κ1) is 43.9. The second kappa shape index (κ2) is 15.8. The van der Waals surface area contributed by atoms with Gasteiger partial charge < -0.3 is 10.1 Å². The smallest absolute Gasteiger partial charge is 0.315 e. The number of rotatable bonds is 10. The fourth-order valence-corrected chi connectivity index (χ4v) is 16.8. The molecule has 9 heteroatoms. The molecule has 1 amide bonds. The van der Waals surface area contributed by atoms with Crippen molar-refractivity contribution in [3.05, 3.63) is 71.3 Å². The van der Waals surface area contributed by atoms with Crippen molar-refractivity contribution in [3.63, 3.8) is 0 Å². The van der Waals surface area contributed by atoms with E-state index in [2.05, 4.69) is 70.5 Å². The highest BCUT2D eigenvalue weighted by molar-refractivity contribution is 7.91. The maximum absolute atomic E-state index is 14.8. The predicted molar refractivity (Wildman–Crippen MR) is 237 cm³/mol. The van der Waals surface area contributed by atoms with E-state index < -0.39 is 27.9 Å². The van der Waals surface area contributed by atoms with E-state index in [1.54, 1.807) is 0 Å².